The van der Waals surface area contributed by atoms with E-state index in [1.807, 2.05) is 0 Å². The average molecular weight is 294 g/mol. The fourth-order valence-corrected chi connectivity index (χ4v) is 2.22. The van der Waals surface area contributed by atoms with Gasteiger partial charge in [-0.25, -0.2) is 0 Å². The van der Waals surface area contributed by atoms with Crippen LogP contribution in [0.5, 0.6) is 0 Å². The van der Waals surface area contributed by atoms with Crippen LogP contribution >= 0.6 is 12.4 Å². The highest BCUT2D eigenvalue weighted by atomic mass is 35.5. The van der Waals surface area contributed by atoms with Gasteiger partial charge in [0.1, 0.15) is 0 Å². The molecule has 0 amide bonds. The Balaban J connectivity index is 0. The molecule has 0 aromatic carbocycles. The summed E-state index contributed by atoms with van der Waals surface area (Å²) in [5.74, 6) is 0. The minimum atomic E-state index is 0. The fraction of sp³-hybridized carbons (Fsp3) is 1.00. The van der Waals surface area contributed by atoms with Gasteiger partial charge < -0.3 is 10.4 Å². The number of hydrogen-bond acceptors (Lipinski definition) is 2. The summed E-state index contributed by atoms with van der Waals surface area (Å²) in [6.45, 7) is 4.83. The molecule has 3 heteroatoms. The quantitative estimate of drug-likeness (QED) is 0.429. The summed E-state index contributed by atoms with van der Waals surface area (Å²) < 4.78 is 0. The third-order valence-corrected chi connectivity index (χ3v) is 3.47. The van der Waals surface area contributed by atoms with Crippen LogP contribution in [0, 0.1) is 0 Å². The SMILES string of the molecule is CCCCCCCCCCCCNCCCCO.Cl. The third-order valence-electron chi connectivity index (χ3n) is 3.47. The van der Waals surface area contributed by atoms with Crippen molar-refractivity contribution < 1.29 is 5.11 Å². The minimum Gasteiger partial charge on any atom is -0.396 e. The highest BCUT2D eigenvalue weighted by Crippen LogP contribution is 2.10. The van der Waals surface area contributed by atoms with Crippen molar-refractivity contribution >= 4 is 12.4 Å². The van der Waals surface area contributed by atoms with Gasteiger partial charge in [0.25, 0.3) is 0 Å². The first kappa shape index (κ1) is 21.5. The van der Waals surface area contributed by atoms with Gasteiger partial charge >= 0.3 is 0 Å². The van der Waals surface area contributed by atoms with E-state index in [2.05, 4.69) is 12.2 Å². The maximum atomic E-state index is 8.63. The van der Waals surface area contributed by atoms with Crippen molar-refractivity contribution in [3.63, 3.8) is 0 Å². The molecule has 118 valence electrons. The van der Waals surface area contributed by atoms with Gasteiger partial charge in [-0.2, -0.15) is 0 Å². The Morgan fingerprint density at radius 1 is 0.632 bits per heavy atom. The van der Waals surface area contributed by atoms with Gasteiger partial charge in [-0.1, -0.05) is 64.7 Å². The van der Waals surface area contributed by atoms with Crippen molar-refractivity contribution in [2.75, 3.05) is 19.7 Å². The maximum absolute atomic E-state index is 8.63. The van der Waals surface area contributed by atoms with Crippen LogP contribution in [0.15, 0.2) is 0 Å². The van der Waals surface area contributed by atoms with Crippen LogP contribution in [0.4, 0.5) is 0 Å². The van der Waals surface area contributed by atoms with Gasteiger partial charge in [0.05, 0.1) is 0 Å². The van der Waals surface area contributed by atoms with Gasteiger partial charge in [0.2, 0.25) is 0 Å². The lowest BCUT2D eigenvalue weighted by Crippen LogP contribution is -2.16. The van der Waals surface area contributed by atoms with Crippen LogP contribution in [0.25, 0.3) is 0 Å². The number of aliphatic hydroxyl groups excluding tert-OH is 1. The summed E-state index contributed by atoms with van der Waals surface area (Å²) >= 11 is 0. The summed E-state index contributed by atoms with van der Waals surface area (Å²) in [6.07, 6.45) is 16.1. The van der Waals surface area contributed by atoms with E-state index in [0.29, 0.717) is 6.61 Å². The van der Waals surface area contributed by atoms with Crippen molar-refractivity contribution in [2.24, 2.45) is 0 Å². The molecule has 0 radical (unpaired) electrons. The Kier molecular flexibility index (Phi) is 23.2. The first-order valence-corrected chi connectivity index (χ1v) is 8.23. The van der Waals surface area contributed by atoms with Crippen molar-refractivity contribution in [2.45, 2.75) is 84.0 Å². The first-order valence-electron chi connectivity index (χ1n) is 8.23. The van der Waals surface area contributed by atoms with Crippen LogP contribution in [-0.2, 0) is 0 Å². The molecule has 0 saturated heterocycles. The first-order chi connectivity index (χ1) is 8.91. The molecule has 2 nitrogen and oxygen atoms in total. The lowest BCUT2D eigenvalue weighted by atomic mass is 10.1. The Labute approximate surface area is 127 Å². The summed E-state index contributed by atoms with van der Waals surface area (Å²) in [6, 6.07) is 0. The van der Waals surface area contributed by atoms with E-state index in [-0.39, 0.29) is 12.4 Å². The van der Waals surface area contributed by atoms with Gasteiger partial charge in [0, 0.05) is 6.61 Å². The van der Waals surface area contributed by atoms with Gasteiger partial charge in [0.15, 0.2) is 0 Å². The third kappa shape index (κ3) is 20.7. The summed E-state index contributed by atoms with van der Waals surface area (Å²) in [4.78, 5) is 0. The molecule has 0 bridgehead atoms. The molecule has 0 aliphatic carbocycles. The predicted octanol–water partition coefficient (Wildman–Crippen LogP) is 4.69. The van der Waals surface area contributed by atoms with Crippen molar-refractivity contribution in [1.82, 2.24) is 5.32 Å². The zero-order valence-electron chi connectivity index (χ0n) is 13.0. The maximum Gasteiger partial charge on any atom is 0.0431 e. The standard InChI is InChI=1S/C16H35NO.ClH/c1-2-3-4-5-6-7-8-9-10-11-14-17-15-12-13-16-18;/h17-18H,2-16H2,1H3;1H. The summed E-state index contributed by atoms with van der Waals surface area (Å²) in [5.41, 5.74) is 0. The Bertz CT molecular complexity index is 129. The second-order valence-corrected chi connectivity index (χ2v) is 5.36. The second kappa shape index (κ2) is 20.5. The van der Waals surface area contributed by atoms with Crippen molar-refractivity contribution in [3.8, 4) is 0 Å². The zero-order chi connectivity index (χ0) is 13.3. The van der Waals surface area contributed by atoms with Crippen LogP contribution in [0.1, 0.15) is 84.0 Å². The summed E-state index contributed by atoms with van der Waals surface area (Å²) in [7, 11) is 0. The van der Waals surface area contributed by atoms with Crippen molar-refractivity contribution in [3.05, 3.63) is 0 Å². The van der Waals surface area contributed by atoms with Crippen LogP contribution in [0.3, 0.4) is 0 Å². The van der Waals surface area contributed by atoms with E-state index in [4.69, 9.17) is 5.11 Å². The molecule has 0 aliphatic heterocycles. The molecule has 19 heavy (non-hydrogen) atoms. The predicted molar refractivity (Wildman–Crippen MR) is 88.3 cm³/mol. The molecule has 0 saturated carbocycles. The molecule has 0 aromatic heterocycles. The number of nitrogens with one attached hydrogen (secondary N) is 1. The van der Waals surface area contributed by atoms with E-state index < -0.39 is 0 Å². The molecular weight excluding hydrogens is 258 g/mol. The number of rotatable bonds is 15. The largest absolute Gasteiger partial charge is 0.396 e. The van der Waals surface area contributed by atoms with Crippen LogP contribution < -0.4 is 5.32 Å². The average Bonchev–Trinajstić information content (AvgIpc) is 2.39. The molecule has 0 unspecified atom stereocenters. The number of halogens is 1. The molecule has 0 rings (SSSR count). The normalized spacial score (nSPS) is 10.4. The molecule has 0 aromatic rings. The zero-order valence-corrected chi connectivity index (χ0v) is 13.8. The molecular formula is C16H36ClNO. The molecule has 0 spiro atoms. The Hall–Kier alpha value is 0.210. The molecule has 0 atom stereocenters. The lowest BCUT2D eigenvalue weighted by Gasteiger charge is -2.04. The lowest BCUT2D eigenvalue weighted by molar-refractivity contribution is 0.283. The Morgan fingerprint density at radius 2 is 1.05 bits per heavy atom. The van der Waals surface area contributed by atoms with Crippen LogP contribution in [0.2, 0.25) is 0 Å². The summed E-state index contributed by atoms with van der Waals surface area (Å²) in [5, 5.41) is 12.1. The van der Waals surface area contributed by atoms with Crippen molar-refractivity contribution in [1.29, 1.82) is 0 Å². The van der Waals surface area contributed by atoms with Gasteiger partial charge in [-0.15, -0.1) is 12.4 Å². The van der Waals surface area contributed by atoms with Gasteiger partial charge in [-0.3, -0.25) is 0 Å². The van der Waals surface area contributed by atoms with Gasteiger partial charge in [-0.05, 0) is 32.4 Å². The van der Waals surface area contributed by atoms with E-state index in [1.165, 1.54) is 64.2 Å². The Morgan fingerprint density at radius 3 is 1.53 bits per heavy atom. The fourth-order valence-electron chi connectivity index (χ4n) is 2.22. The second-order valence-electron chi connectivity index (χ2n) is 5.36. The number of hydrogen-bond donors (Lipinski definition) is 2. The molecule has 0 heterocycles. The number of unbranched alkanes of at least 4 members (excludes halogenated alkanes) is 10. The van der Waals surface area contributed by atoms with E-state index in [0.717, 1.165) is 25.9 Å². The minimum absolute atomic E-state index is 0. The molecule has 2 N–H and O–H groups in total. The van der Waals surface area contributed by atoms with E-state index in [9.17, 15) is 0 Å². The smallest absolute Gasteiger partial charge is 0.0431 e. The van der Waals surface area contributed by atoms with E-state index in [1.54, 1.807) is 0 Å². The van der Waals surface area contributed by atoms with Crippen LogP contribution in [-0.4, -0.2) is 24.8 Å². The molecule has 0 aliphatic rings. The highest BCUT2D eigenvalue weighted by molar-refractivity contribution is 5.85. The monoisotopic (exact) mass is 293 g/mol. The molecule has 0 fully saturated rings. The highest BCUT2D eigenvalue weighted by Gasteiger charge is 1.93. The van der Waals surface area contributed by atoms with E-state index >= 15 is 0 Å². The topological polar surface area (TPSA) is 32.3 Å². The number of aliphatic hydroxyl groups is 1.